The van der Waals surface area contributed by atoms with Gasteiger partial charge in [-0.3, -0.25) is 4.79 Å². The number of hydrogen-bond acceptors (Lipinski definition) is 2. The zero-order valence-corrected chi connectivity index (χ0v) is 12.2. The summed E-state index contributed by atoms with van der Waals surface area (Å²) >= 11 is 9.33. The molecule has 0 aromatic heterocycles. The van der Waals surface area contributed by atoms with Crippen LogP contribution in [0.25, 0.3) is 0 Å². The highest BCUT2D eigenvalue weighted by Crippen LogP contribution is 2.23. The number of nitrogens with one attached hydrogen (secondary N) is 1. The SMILES string of the molecule is O=C(NC1CCCC(O)C1)c1cc(Br)ccc1Cl. The van der Waals surface area contributed by atoms with Crippen molar-refractivity contribution in [1.29, 1.82) is 0 Å². The molecule has 0 saturated heterocycles. The number of benzene rings is 1. The van der Waals surface area contributed by atoms with Gasteiger partial charge in [-0.2, -0.15) is 0 Å². The van der Waals surface area contributed by atoms with E-state index in [9.17, 15) is 9.90 Å². The van der Waals surface area contributed by atoms with E-state index < -0.39 is 0 Å². The van der Waals surface area contributed by atoms with E-state index in [1.165, 1.54) is 0 Å². The van der Waals surface area contributed by atoms with Crippen LogP contribution in [0.3, 0.4) is 0 Å². The van der Waals surface area contributed by atoms with Gasteiger partial charge in [0.1, 0.15) is 0 Å². The highest BCUT2D eigenvalue weighted by Gasteiger charge is 2.22. The van der Waals surface area contributed by atoms with E-state index in [1.54, 1.807) is 18.2 Å². The third kappa shape index (κ3) is 3.46. The Hall–Kier alpha value is -0.580. The summed E-state index contributed by atoms with van der Waals surface area (Å²) in [6.45, 7) is 0. The Morgan fingerprint density at radius 2 is 2.22 bits per heavy atom. The molecule has 0 bridgehead atoms. The van der Waals surface area contributed by atoms with Gasteiger partial charge < -0.3 is 10.4 Å². The number of carbonyl (C=O) groups excluding carboxylic acids is 1. The fourth-order valence-electron chi connectivity index (χ4n) is 2.23. The summed E-state index contributed by atoms with van der Waals surface area (Å²) in [6.07, 6.45) is 3.00. The number of hydrogen-bond donors (Lipinski definition) is 2. The molecule has 3 nitrogen and oxygen atoms in total. The van der Waals surface area contributed by atoms with E-state index in [-0.39, 0.29) is 18.1 Å². The lowest BCUT2D eigenvalue weighted by atomic mass is 9.93. The van der Waals surface area contributed by atoms with Crippen molar-refractivity contribution in [3.63, 3.8) is 0 Å². The van der Waals surface area contributed by atoms with Gasteiger partial charge in [-0.25, -0.2) is 0 Å². The summed E-state index contributed by atoms with van der Waals surface area (Å²) in [5, 5.41) is 12.9. The van der Waals surface area contributed by atoms with Crippen LogP contribution in [0.4, 0.5) is 0 Å². The molecule has 18 heavy (non-hydrogen) atoms. The molecule has 2 rings (SSSR count). The molecule has 5 heteroatoms. The molecule has 0 radical (unpaired) electrons. The molecule has 1 fully saturated rings. The van der Waals surface area contributed by atoms with Crippen molar-refractivity contribution in [2.75, 3.05) is 0 Å². The third-order valence-electron chi connectivity index (χ3n) is 3.15. The van der Waals surface area contributed by atoms with Crippen molar-refractivity contribution < 1.29 is 9.90 Å². The van der Waals surface area contributed by atoms with Gasteiger partial charge in [0.05, 0.1) is 16.7 Å². The van der Waals surface area contributed by atoms with E-state index in [0.29, 0.717) is 17.0 Å². The molecule has 98 valence electrons. The molecule has 1 aliphatic rings. The number of aliphatic hydroxyl groups is 1. The second kappa shape index (κ2) is 6.04. The smallest absolute Gasteiger partial charge is 0.253 e. The van der Waals surface area contributed by atoms with E-state index in [1.807, 2.05) is 0 Å². The maximum Gasteiger partial charge on any atom is 0.253 e. The lowest BCUT2D eigenvalue weighted by molar-refractivity contribution is 0.0850. The highest BCUT2D eigenvalue weighted by molar-refractivity contribution is 9.10. The van der Waals surface area contributed by atoms with Crippen LogP contribution in [0.5, 0.6) is 0 Å². The Balaban J connectivity index is 2.05. The Bertz CT molecular complexity index is 453. The van der Waals surface area contributed by atoms with Gasteiger partial charge in [0, 0.05) is 10.5 Å². The van der Waals surface area contributed by atoms with Crippen LogP contribution >= 0.6 is 27.5 Å². The summed E-state index contributed by atoms with van der Waals surface area (Å²) in [5.74, 6) is -0.180. The van der Waals surface area contributed by atoms with E-state index in [0.717, 1.165) is 23.7 Å². The van der Waals surface area contributed by atoms with Gasteiger partial charge in [0.15, 0.2) is 0 Å². The predicted octanol–water partition coefficient (Wildman–Crippen LogP) is 3.14. The Labute approximate surface area is 120 Å². The average Bonchev–Trinajstić information content (AvgIpc) is 2.32. The number of halogens is 2. The summed E-state index contributed by atoms with van der Waals surface area (Å²) < 4.78 is 0.820. The first-order valence-corrected chi connectivity index (χ1v) is 7.17. The van der Waals surface area contributed by atoms with Crippen molar-refractivity contribution in [2.24, 2.45) is 0 Å². The molecule has 1 amide bonds. The third-order valence-corrected chi connectivity index (χ3v) is 3.98. The number of aliphatic hydroxyl groups excluding tert-OH is 1. The molecule has 2 N–H and O–H groups in total. The average molecular weight is 333 g/mol. The standard InChI is InChI=1S/C13H15BrClNO2/c14-8-4-5-12(15)11(6-8)13(18)16-9-2-1-3-10(17)7-9/h4-6,9-10,17H,1-3,7H2,(H,16,18). The fourth-order valence-corrected chi connectivity index (χ4v) is 2.79. The van der Waals surface area contributed by atoms with Gasteiger partial charge in [-0.05, 0) is 43.9 Å². The van der Waals surface area contributed by atoms with Crippen LogP contribution in [-0.2, 0) is 0 Å². The summed E-state index contributed by atoms with van der Waals surface area (Å²) in [7, 11) is 0. The lowest BCUT2D eigenvalue weighted by Gasteiger charge is -2.26. The molecule has 2 unspecified atom stereocenters. The quantitative estimate of drug-likeness (QED) is 0.874. The Kier molecular flexibility index (Phi) is 4.65. The first-order valence-electron chi connectivity index (χ1n) is 6.00. The molecule has 0 heterocycles. The molecule has 2 atom stereocenters. The molecule has 1 aromatic carbocycles. The molecule has 1 aliphatic carbocycles. The van der Waals surface area contributed by atoms with Crippen molar-refractivity contribution in [3.05, 3.63) is 33.3 Å². The number of carbonyl (C=O) groups is 1. The Morgan fingerprint density at radius 3 is 2.94 bits per heavy atom. The van der Waals surface area contributed by atoms with E-state index >= 15 is 0 Å². The van der Waals surface area contributed by atoms with Gasteiger partial charge >= 0.3 is 0 Å². The predicted molar refractivity (Wildman–Crippen MR) is 74.9 cm³/mol. The second-order valence-corrected chi connectivity index (χ2v) is 5.94. The minimum atomic E-state index is -0.304. The highest BCUT2D eigenvalue weighted by atomic mass is 79.9. The Morgan fingerprint density at radius 1 is 1.44 bits per heavy atom. The van der Waals surface area contributed by atoms with Crippen molar-refractivity contribution in [1.82, 2.24) is 5.32 Å². The first kappa shape index (κ1) is 13.8. The van der Waals surface area contributed by atoms with Crippen LogP contribution in [0, 0.1) is 0 Å². The van der Waals surface area contributed by atoms with Gasteiger partial charge in [0.25, 0.3) is 5.91 Å². The molecule has 0 aliphatic heterocycles. The maximum absolute atomic E-state index is 12.1. The number of amides is 1. The van der Waals surface area contributed by atoms with Gasteiger partial charge in [0.2, 0.25) is 0 Å². The molecule has 1 aromatic rings. The minimum absolute atomic E-state index is 0.0382. The summed E-state index contributed by atoms with van der Waals surface area (Å²) in [4.78, 5) is 12.1. The van der Waals surface area contributed by atoms with E-state index in [2.05, 4.69) is 21.2 Å². The van der Waals surface area contributed by atoms with Crippen LogP contribution in [-0.4, -0.2) is 23.2 Å². The van der Waals surface area contributed by atoms with E-state index in [4.69, 9.17) is 11.6 Å². The molecular weight excluding hydrogens is 318 g/mol. The second-order valence-electron chi connectivity index (χ2n) is 4.61. The zero-order valence-electron chi connectivity index (χ0n) is 9.83. The minimum Gasteiger partial charge on any atom is -0.393 e. The van der Waals surface area contributed by atoms with Crippen LogP contribution < -0.4 is 5.32 Å². The summed E-state index contributed by atoms with van der Waals surface area (Å²) in [6, 6.07) is 5.23. The monoisotopic (exact) mass is 331 g/mol. The normalized spacial score (nSPS) is 23.7. The molecule has 0 spiro atoms. The zero-order chi connectivity index (χ0) is 13.1. The largest absolute Gasteiger partial charge is 0.393 e. The van der Waals surface area contributed by atoms with Crippen molar-refractivity contribution in [2.45, 2.75) is 37.8 Å². The lowest BCUT2D eigenvalue weighted by Crippen LogP contribution is -2.39. The topological polar surface area (TPSA) is 49.3 Å². The molecular formula is C13H15BrClNO2. The molecule has 1 saturated carbocycles. The van der Waals surface area contributed by atoms with Crippen LogP contribution in [0.15, 0.2) is 22.7 Å². The first-order chi connectivity index (χ1) is 8.56. The van der Waals surface area contributed by atoms with Crippen LogP contribution in [0.2, 0.25) is 5.02 Å². The van der Waals surface area contributed by atoms with Crippen LogP contribution in [0.1, 0.15) is 36.0 Å². The van der Waals surface area contributed by atoms with Gasteiger partial charge in [-0.15, -0.1) is 0 Å². The van der Waals surface area contributed by atoms with Gasteiger partial charge in [-0.1, -0.05) is 27.5 Å². The fraction of sp³-hybridized carbons (Fsp3) is 0.462. The maximum atomic E-state index is 12.1. The van der Waals surface area contributed by atoms with Crippen molar-refractivity contribution >= 4 is 33.4 Å². The summed E-state index contributed by atoms with van der Waals surface area (Å²) in [5.41, 5.74) is 0.464. The van der Waals surface area contributed by atoms with Crippen molar-refractivity contribution in [3.8, 4) is 0 Å². The number of rotatable bonds is 2.